The van der Waals surface area contributed by atoms with Crippen molar-refractivity contribution in [1.82, 2.24) is 5.32 Å². The molecule has 4 heteroatoms. The first kappa shape index (κ1) is 12.4. The van der Waals surface area contributed by atoms with E-state index in [1.54, 1.807) is 6.07 Å². The minimum atomic E-state index is -0.772. The molecule has 1 saturated heterocycles. The molecule has 0 radical (unpaired) electrons. The van der Waals surface area contributed by atoms with Crippen LogP contribution in [0.15, 0.2) is 24.3 Å². The summed E-state index contributed by atoms with van der Waals surface area (Å²) in [5.74, 6) is -0.259. The van der Waals surface area contributed by atoms with Gasteiger partial charge < -0.3 is 4.74 Å². The molecule has 1 aliphatic rings. The SMILES string of the molecule is COC(=O)C1(c2ccccc2Cl)CCCCN1. The van der Waals surface area contributed by atoms with E-state index in [0.29, 0.717) is 5.02 Å². The first-order valence-electron chi connectivity index (χ1n) is 5.79. The van der Waals surface area contributed by atoms with Crippen molar-refractivity contribution in [3.63, 3.8) is 0 Å². The molecule has 0 saturated carbocycles. The Hall–Kier alpha value is -1.06. The zero-order valence-electron chi connectivity index (χ0n) is 9.83. The van der Waals surface area contributed by atoms with Crippen LogP contribution in [0.3, 0.4) is 0 Å². The first-order chi connectivity index (χ1) is 8.20. The van der Waals surface area contributed by atoms with Crippen molar-refractivity contribution < 1.29 is 9.53 Å². The van der Waals surface area contributed by atoms with Crippen molar-refractivity contribution in [2.24, 2.45) is 0 Å². The van der Waals surface area contributed by atoms with Crippen LogP contribution in [0.1, 0.15) is 24.8 Å². The van der Waals surface area contributed by atoms with Gasteiger partial charge in [0.25, 0.3) is 0 Å². The number of hydrogen-bond donors (Lipinski definition) is 1. The Balaban J connectivity index is 2.46. The summed E-state index contributed by atoms with van der Waals surface area (Å²) < 4.78 is 4.94. The lowest BCUT2D eigenvalue weighted by molar-refractivity contribution is -0.150. The average molecular weight is 254 g/mol. The molecule has 0 aliphatic carbocycles. The van der Waals surface area contributed by atoms with Crippen LogP contribution in [0.5, 0.6) is 0 Å². The Kier molecular flexibility index (Phi) is 3.69. The molecular weight excluding hydrogens is 238 g/mol. The van der Waals surface area contributed by atoms with Crippen LogP contribution in [0.4, 0.5) is 0 Å². The molecule has 0 bridgehead atoms. The van der Waals surface area contributed by atoms with Gasteiger partial charge in [0.1, 0.15) is 5.54 Å². The summed E-state index contributed by atoms with van der Waals surface area (Å²) in [5, 5.41) is 3.89. The van der Waals surface area contributed by atoms with E-state index in [2.05, 4.69) is 5.32 Å². The Morgan fingerprint density at radius 1 is 1.41 bits per heavy atom. The maximum atomic E-state index is 12.1. The maximum Gasteiger partial charge on any atom is 0.330 e. The molecular formula is C13H16ClNO2. The van der Waals surface area contributed by atoms with Crippen LogP contribution in [0, 0.1) is 0 Å². The Labute approximate surface area is 106 Å². The summed E-state index contributed by atoms with van der Waals surface area (Å²) in [6.45, 7) is 0.806. The van der Waals surface area contributed by atoms with Crippen LogP contribution in [0.25, 0.3) is 0 Å². The highest BCUT2D eigenvalue weighted by Crippen LogP contribution is 2.35. The highest BCUT2D eigenvalue weighted by Gasteiger charge is 2.43. The largest absolute Gasteiger partial charge is 0.467 e. The molecule has 1 aromatic rings. The predicted molar refractivity (Wildman–Crippen MR) is 67.0 cm³/mol. The van der Waals surface area contributed by atoms with Crippen molar-refractivity contribution in [3.8, 4) is 0 Å². The highest BCUT2D eigenvalue weighted by molar-refractivity contribution is 6.31. The molecule has 1 aliphatic heterocycles. The molecule has 1 aromatic carbocycles. The second kappa shape index (κ2) is 5.07. The summed E-state index contributed by atoms with van der Waals surface area (Å²) in [6.07, 6.45) is 2.79. The fraction of sp³-hybridized carbons (Fsp3) is 0.462. The number of esters is 1. The van der Waals surface area contributed by atoms with Gasteiger partial charge in [-0.25, -0.2) is 4.79 Å². The van der Waals surface area contributed by atoms with Gasteiger partial charge in [0.05, 0.1) is 7.11 Å². The Bertz CT molecular complexity index is 414. The third-order valence-corrected chi connectivity index (χ3v) is 3.60. The number of rotatable bonds is 2. The second-order valence-electron chi connectivity index (χ2n) is 4.26. The van der Waals surface area contributed by atoms with Crippen molar-refractivity contribution in [3.05, 3.63) is 34.9 Å². The quantitative estimate of drug-likeness (QED) is 0.823. The van der Waals surface area contributed by atoms with E-state index in [-0.39, 0.29) is 5.97 Å². The Morgan fingerprint density at radius 2 is 2.18 bits per heavy atom. The molecule has 92 valence electrons. The molecule has 1 N–H and O–H groups in total. The highest BCUT2D eigenvalue weighted by atomic mass is 35.5. The summed E-state index contributed by atoms with van der Waals surface area (Å²) in [7, 11) is 1.41. The normalized spacial score (nSPS) is 24.4. The van der Waals surface area contributed by atoms with Gasteiger partial charge in [-0.1, -0.05) is 29.8 Å². The van der Waals surface area contributed by atoms with Gasteiger partial charge >= 0.3 is 5.97 Å². The van der Waals surface area contributed by atoms with Gasteiger partial charge in [-0.3, -0.25) is 5.32 Å². The van der Waals surface area contributed by atoms with E-state index in [1.807, 2.05) is 18.2 Å². The fourth-order valence-electron chi connectivity index (χ4n) is 2.40. The number of carbonyl (C=O) groups excluding carboxylic acids is 1. The smallest absolute Gasteiger partial charge is 0.330 e. The molecule has 1 fully saturated rings. The molecule has 3 nitrogen and oxygen atoms in total. The second-order valence-corrected chi connectivity index (χ2v) is 4.67. The van der Waals surface area contributed by atoms with Crippen molar-refractivity contribution in [1.29, 1.82) is 0 Å². The topological polar surface area (TPSA) is 38.3 Å². The van der Waals surface area contributed by atoms with Crippen LogP contribution in [-0.2, 0) is 15.1 Å². The van der Waals surface area contributed by atoms with Crippen LogP contribution >= 0.6 is 11.6 Å². The number of halogens is 1. The minimum Gasteiger partial charge on any atom is -0.467 e. The summed E-state index contributed by atoms with van der Waals surface area (Å²) in [5.41, 5.74) is 0.0407. The number of hydrogen-bond acceptors (Lipinski definition) is 3. The van der Waals surface area contributed by atoms with E-state index in [9.17, 15) is 4.79 Å². The van der Waals surface area contributed by atoms with Gasteiger partial charge in [0.15, 0.2) is 0 Å². The lowest BCUT2D eigenvalue weighted by Gasteiger charge is -2.36. The number of ether oxygens (including phenoxy) is 1. The monoisotopic (exact) mass is 253 g/mol. The summed E-state index contributed by atoms with van der Waals surface area (Å²) in [6, 6.07) is 7.44. The van der Waals surface area contributed by atoms with E-state index in [4.69, 9.17) is 16.3 Å². The van der Waals surface area contributed by atoms with Crippen molar-refractivity contribution >= 4 is 17.6 Å². The summed E-state index contributed by atoms with van der Waals surface area (Å²) in [4.78, 5) is 12.1. The van der Waals surface area contributed by atoms with E-state index >= 15 is 0 Å². The van der Waals surface area contributed by atoms with Gasteiger partial charge in [0, 0.05) is 10.6 Å². The number of piperidine rings is 1. The predicted octanol–water partition coefficient (Wildman–Crippen LogP) is 2.48. The molecule has 1 atom stereocenters. The molecule has 1 unspecified atom stereocenters. The van der Waals surface area contributed by atoms with E-state index < -0.39 is 5.54 Å². The first-order valence-corrected chi connectivity index (χ1v) is 6.17. The fourth-order valence-corrected chi connectivity index (χ4v) is 2.70. The van der Waals surface area contributed by atoms with E-state index in [0.717, 1.165) is 31.4 Å². The van der Waals surface area contributed by atoms with E-state index in [1.165, 1.54) is 7.11 Å². The third-order valence-electron chi connectivity index (χ3n) is 3.27. The standard InChI is InChI=1S/C13H16ClNO2/c1-17-12(16)13(8-4-5-9-15-13)10-6-2-3-7-11(10)14/h2-3,6-7,15H,4-5,8-9H2,1H3. The lowest BCUT2D eigenvalue weighted by Crippen LogP contribution is -2.52. The van der Waals surface area contributed by atoms with Crippen molar-refractivity contribution in [2.75, 3.05) is 13.7 Å². The van der Waals surface area contributed by atoms with Gasteiger partial charge in [-0.15, -0.1) is 0 Å². The average Bonchev–Trinajstić information content (AvgIpc) is 2.39. The zero-order valence-corrected chi connectivity index (χ0v) is 10.6. The molecule has 0 aromatic heterocycles. The van der Waals surface area contributed by atoms with Crippen LogP contribution in [-0.4, -0.2) is 19.6 Å². The number of benzene rings is 1. The number of carbonyl (C=O) groups is 1. The molecule has 1 heterocycles. The Morgan fingerprint density at radius 3 is 2.76 bits per heavy atom. The van der Waals surface area contributed by atoms with Crippen LogP contribution in [0.2, 0.25) is 5.02 Å². The van der Waals surface area contributed by atoms with Gasteiger partial charge in [-0.2, -0.15) is 0 Å². The molecule has 2 rings (SSSR count). The minimum absolute atomic E-state index is 0.259. The molecule has 17 heavy (non-hydrogen) atoms. The maximum absolute atomic E-state index is 12.1. The van der Waals surface area contributed by atoms with Gasteiger partial charge in [0.2, 0.25) is 0 Å². The van der Waals surface area contributed by atoms with Crippen LogP contribution < -0.4 is 5.32 Å². The van der Waals surface area contributed by atoms with Gasteiger partial charge in [-0.05, 0) is 31.9 Å². The third kappa shape index (κ3) is 2.17. The zero-order chi connectivity index (χ0) is 12.3. The molecule has 0 amide bonds. The number of nitrogens with one attached hydrogen (secondary N) is 1. The molecule has 0 spiro atoms. The lowest BCUT2D eigenvalue weighted by atomic mass is 9.82. The van der Waals surface area contributed by atoms with Crippen molar-refractivity contribution in [2.45, 2.75) is 24.8 Å². The number of methoxy groups -OCH3 is 1. The summed E-state index contributed by atoms with van der Waals surface area (Å²) >= 11 is 6.20.